The van der Waals surface area contributed by atoms with Crippen molar-refractivity contribution in [3.8, 4) is 0 Å². The first kappa shape index (κ1) is 17.0. The molecule has 0 aliphatic carbocycles. The smallest absolute Gasteiger partial charge is 0.351 e. The fraction of sp³-hybridized carbons (Fsp3) is 0.500. The van der Waals surface area contributed by atoms with Crippen molar-refractivity contribution in [2.24, 2.45) is 0 Å². The maximum absolute atomic E-state index is 12.4. The second kappa shape index (κ2) is 6.60. The van der Waals surface area contributed by atoms with Crippen LogP contribution in [-0.4, -0.2) is 43.9 Å². The first-order valence-corrected chi connectivity index (χ1v) is 8.21. The second-order valence-electron chi connectivity index (χ2n) is 5.66. The van der Waals surface area contributed by atoms with Crippen LogP contribution >= 0.6 is 11.9 Å². The van der Waals surface area contributed by atoms with E-state index < -0.39 is 5.51 Å². The summed E-state index contributed by atoms with van der Waals surface area (Å²) in [4.78, 5) is 22.8. The molecule has 24 heavy (non-hydrogen) atoms. The molecule has 0 saturated carbocycles. The Morgan fingerprint density at radius 3 is 2.75 bits per heavy atom. The van der Waals surface area contributed by atoms with Crippen molar-refractivity contribution in [1.82, 2.24) is 19.3 Å². The van der Waals surface area contributed by atoms with Crippen LogP contribution < -0.4 is 10.9 Å². The van der Waals surface area contributed by atoms with Gasteiger partial charge in [0.25, 0.3) is 5.56 Å². The first-order valence-electron chi connectivity index (χ1n) is 7.44. The Hall–Kier alpha value is -1.81. The zero-order valence-corrected chi connectivity index (χ0v) is 13.7. The third-order valence-corrected chi connectivity index (χ3v) is 4.63. The van der Waals surface area contributed by atoms with Gasteiger partial charge >= 0.3 is 5.51 Å². The van der Waals surface area contributed by atoms with Gasteiger partial charge in [0.05, 0.1) is 0 Å². The number of nitrogens with zero attached hydrogens (tertiary/aromatic N) is 3. The summed E-state index contributed by atoms with van der Waals surface area (Å²) >= 11 is -0.0746. The minimum absolute atomic E-state index is 0.00436. The molecule has 3 heterocycles. The number of fused-ring (bicyclic) bond motifs is 1. The SMILES string of the molecule is Cc1cc2cnc(NC3CCN(SC(F)(F)F)CC3)nc2[nH]c1=O. The fourth-order valence-electron chi connectivity index (χ4n) is 2.59. The van der Waals surface area contributed by atoms with Gasteiger partial charge in [0.1, 0.15) is 5.65 Å². The van der Waals surface area contributed by atoms with Crippen LogP contribution in [-0.2, 0) is 0 Å². The highest BCUT2D eigenvalue weighted by molar-refractivity contribution is 7.97. The molecule has 2 aromatic heterocycles. The van der Waals surface area contributed by atoms with Crippen LogP contribution in [0.15, 0.2) is 17.1 Å². The first-order chi connectivity index (χ1) is 11.3. The molecule has 130 valence electrons. The number of rotatable bonds is 3. The standard InChI is InChI=1S/C14H16F3N5OS/c1-8-6-9-7-18-13(21-11(9)20-12(8)23)19-10-2-4-22(5-3-10)24-14(15,16)17/h6-7,10H,2-5H2,1H3,(H2,18,19,20,21,23). The third kappa shape index (κ3) is 4.18. The molecular formula is C14H16F3N5OS. The Morgan fingerprint density at radius 1 is 1.38 bits per heavy atom. The van der Waals surface area contributed by atoms with E-state index in [1.165, 1.54) is 4.31 Å². The van der Waals surface area contributed by atoms with Crippen molar-refractivity contribution < 1.29 is 13.2 Å². The molecule has 1 aliphatic rings. The fourth-order valence-corrected chi connectivity index (χ4v) is 3.28. The van der Waals surface area contributed by atoms with Gasteiger partial charge in [0.2, 0.25) is 5.95 Å². The number of halogens is 3. The summed E-state index contributed by atoms with van der Waals surface area (Å²) in [6.45, 7) is 2.38. The summed E-state index contributed by atoms with van der Waals surface area (Å²) < 4.78 is 38.4. The predicted octanol–water partition coefficient (Wildman–Crippen LogP) is 2.67. The molecule has 3 rings (SSSR count). The maximum atomic E-state index is 12.4. The van der Waals surface area contributed by atoms with E-state index in [1.54, 1.807) is 19.2 Å². The topological polar surface area (TPSA) is 73.9 Å². The molecule has 6 nitrogen and oxygen atoms in total. The van der Waals surface area contributed by atoms with Crippen molar-refractivity contribution in [1.29, 1.82) is 0 Å². The molecule has 10 heteroatoms. The lowest BCUT2D eigenvalue weighted by Gasteiger charge is -2.31. The molecule has 0 atom stereocenters. The molecule has 2 N–H and O–H groups in total. The van der Waals surface area contributed by atoms with E-state index >= 15 is 0 Å². The molecular weight excluding hydrogens is 343 g/mol. The van der Waals surface area contributed by atoms with Crippen LogP contribution in [0.4, 0.5) is 19.1 Å². The average molecular weight is 359 g/mol. The summed E-state index contributed by atoms with van der Waals surface area (Å²) in [5.41, 5.74) is -3.43. The van der Waals surface area contributed by atoms with E-state index in [1.807, 2.05) is 0 Å². The minimum Gasteiger partial charge on any atom is -0.351 e. The zero-order valence-electron chi connectivity index (χ0n) is 12.9. The Labute approximate surface area is 140 Å². The Balaban J connectivity index is 1.64. The summed E-state index contributed by atoms with van der Waals surface area (Å²) in [7, 11) is 0. The van der Waals surface area contributed by atoms with Crippen molar-refractivity contribution in [3.05, 3.63) is 28.2 Å². The molecule has 0 bridgehead atoms. The number of aryl methyl sites for hydroxylation is 1. The summed E-state index contributed by atoms with van der Waals surface area (Å²) in [6.07, 6.45) is 2.74. The number of anilines is 1. The second-order valence-corrected chi connectivity index (χ2v) is 6.83. The number of piperidine rings is 1. The molecule has 0 radical (unpaired) electrons. The van der Waals surface area contributed by atoms with Gasteiger partial charge < -0.3 is 10.3 Å². The predicted molar refractivity (Wildman–Crippen MR) is 86.8 cm³/mol. The third-order valence-electron chi connectivity index (χ3n) is 3.80. The van der Waals surface area contributed by atoms with E-state index in [9.17, 15) is 18.0 Å². The lowest BCUT2D eigenvalue weighted by atomic mass is 10.1. The van der Waals surface area contributed by atoms with Crippen LogP contribution in [0.2, 0.25) is 0 Å². The number of H-pyrrole nitrogens is 1. The molecule has 0 amide bonds. The van der Waals surface area contributed by atoms with Gasteiger partial charge in [-0.05, 0) is 25.8 Å². The van der Waals surface area contributed by atoms with Crippen molar-refractivity contribution in [3.63, 3.8) is 0 Å². The van der Waals surface area contributed by atoms with Crippen molar-refractivity contribution in [2.75, 3.05) is 18.4 Å². The summed E-state index contributed by atoms with van der Waals surface area (Å²) in [5.74, 6) is 0.365. The highest BCUT2D eigenvalue weighted by atomic mass is 32.2. The van der Waals surface area contributed by atoms with Crippen molar-refractivity contribution in [2.45, 2.75) is 31.3 Å². The number of pyridine rings is 1. The Kier molecular flexibility index (Phi) is 4.68. The van der Waals surface area contributed by atoms with Gasteiger partial charge in [-0.3, -0.25) is 4.79 Å². The zero-order chi connectivity index (χ0) is 17.3. The summed E-state index contributed by atoms with van der Waals surface area (Å²) in [6, 6.07) is 1.72. The number of nitrogens with one attached hydrogen (secondary N) is 2. The van der Waals surface area contributed by atoms with E-state index in [0.29, 0.717) is 43.1 Å². The number of aromatic amines is 1. The Bertz CT molecular complexity index is 786. The molecule has 1 saturated heterocycles. The molecule has 2 aromatic rings. The van der Waals surface area contributed by atoms with Crippen LogP contribution in [0.5, 0.6) is 0 Å². The van der Waals surface area contributed by atoms with Gasteiger partial charge in [0.15, 0.2) is 0 Å². The number of hydrogen-bond donors (Lipinski definition) is 2. The van der Waals surface area contributed by atoms with Crippen molar-refractivity contribution >= 4 is 28.9 Å². The van der Waals surface area contributed by atoms with E-state index in [-0.39, 0.29) is 23.5 Å². The van der Waals surface area contributed by atoms with E-state index in [2.05, 4.69) is 20.3 Å². The molecule has 0 unspecified atom stereocenters. The van der Waals surface area contributed by atoms with Gasteiger partial charge in [0, 0.05) is 48.2 Å². The minimum atomic E-state index is -4.24. The van der Waals surface area contributed by atoms with Gasteiger partial charge in [-0.15, -0.1) is 0 Å². The molecule has 0 aromatic carbocycles. The van der Waals surface area contributed by atoms with Crippen LogP contribution in [0.25, 0.3) is 11.0 Å². The van der Waals surface area contributed by atoms with Gasteiger partial charge in [-0.2, -0.15) is 18.2 Å². The van der Waals surface area contributed by atoms with E-state index in [4.69, 9.17) is 0 Å². The van der Waals surface area contributed by atoms with Gasteiger partial charge in [-0.1, -0.05) is 0 Å². The van der Waals surface area contributed by atoms with Crippen LogP contribution in [0.3, 0.4) is 0 Å². The maximum Gasteiger partial charge on any atom is 0.456 e. The monoisotopic (exact) mass is 359 g/mol. The summed E-state index contributed by atoms with van der Waals surface area (Å²) in [5, 5.41) is 3.86. The van der Waals surface area contributed by atoms with Crippen LogP contribution in [0, 0.1) is 6.92 Å². The van der Waals surface area contributed by atoms with Gasteiger partial charge in [-0.25, -0.2) is 9.29 Å². The largest absolute Gasteiger partial charge is 0.456 e. The lowest BCUT2D eigenvalue weighted by molar-refractivity contribution is -0.0366. The molecule has 0 spiro atoms. The number of alkyl halides is 3. The Morgan fingerprint density at radius 2 is 2.08 bits per heavy atom. The normalized spacial score (nSPS) is 17.3. The highest BCUT2D eigenvalue weighted by Crippen LogP contribution is 2.35. The number of hydrogen-bond acceptors (Lipinski definition) is 6. The van der Waals surface area contributed by atoms with Crippen LogP contribution in [0.1, 0.15) is 18.4 Å². The van der Waals surface area contributed by atoms with E-state index in [0.717, 1.165) is 5.39 Å². The quantitative estimate of drug-likeness (QED) is 0.821. The molecule has 1 fully saturated rings. The highest BCUT2D eigenvalue weighted by Gasteiger charge is 2.34. The number of aromatic nitrogens is 3. The molecule has 1 aliphatic heterocycles. The average Bonchev–Trinajstić information content (AvgIpc) is 2.49. The lowest BCUT2D eigenvalue weighted by Crippen LogP contribution is -2.37.